The Morgan fingerprint density at radius 1 is 1.38 bits per heavy atom. The molecule has 1 rings (SSSR count). The topological polar surface area (TPSA) is 57.5 Å². The van der Waals surface area contributed by atoms with Crippen LogP contribution in [0.4, 0.5) is 0 Å². The van der Waals surface area contributed by atoms with Gasteiger partial charge in [0.05, 0.1) is 12.0 Å². The highest BCUT2D eigenvalue weighted by Gasteiger charge is 2.20. The third-order valence-electron chi connectivity index (χ3n) is 2.40. The van der Waals surface area contributed by atoms with Gasteiger partial charge >= 0.3 is 5.97 Å². The summed E-state index contributed by atoms with van der Waals surface area (Å²) in [6, 6.07) is 9.64. The molecule has 0 amide bonds. The molecular weight excluding hydrogens is 204 g/mol. The van der Waals surface area contributed by atoms with Crippen molar-refractivity contribution in [2.24, 2.45) is 5.92 Å². The molecule has 0 radical (unpaired) electrons. The summed E-state index contributed by atoms with van der Waals surface area (Å²) in [5, 5.41) is 18.1. The molecule has 0 saturated heterocycles. The Kier molecular flexibility index (Phi) is 4.73. The van der Waals surface area contributed by atoms with E-state index in [1.165, 1.54) is 6.92 Å². The van der Waals surface area contributed by atoms with Crippen LogP contribution in [-0.2, 0) is 4.79 Å². The van der Waals surface area contributed by atoms with Gasteiger partial charge in [-0.2, -0.15) is 0 Å². The molecule has 2 N–H and O–H groups in total. The number of carbonyl (C=O) groups is 1. The largest absolute Gasteiger partial charge is 0.481 e. The van der Waals surface area contributed by atoms with E-state index in [4.69, 9.17) is 5.11 Å². The Balaban J connectivity index is 2.56. The van der Waals surface area contributed by atoms with Gasteiger partial charge < -0.3 is 10.2 Å². The van der Waals surface area contributed by atoms with E-state index in [-0.39, 0.29) is 0 Å². The van der Waals surface area contributed by atoms with Crippen LogP contribution in [0, 0.1) is 5.92 Å². The van der Waals surface area contributed by atoms with Crippen molar-refractivity contribution in [3.05, 3.63) is 42.0 Å². The molecule has 0 aromatic heterocycles. The summed E-state index contributed by atoms with van der Waals surface area (Å²) in [6.45, 7) is 1.50. The highest BCUT2D eigenvalue weighted by atomic mass is 16.4. The maximum atomic E-state index is 10.8. The average Bonchev–Trinajstić information content (AvgIpc) is 2.24. The van der Waals surface area contributed by atoms with E-state index in [1.54, 1.807) is 6.08 Å². The van der Waals surface area contributed by atoms with Crippen molar-refractivity contribution in [3.63, 3.8) is 0 Å². The van der Waals surface area contributed by atoms with Crippen molar-refractivity contribution < 1.29 is 15.0 Å². The Morgan fingerprint density at radius 2 is 2.00 bits per heavy atom. The third-order valence-corrected chi connectivity index (χ3v) is 2.40. The molecule has 1 aromatic carbocycles. The minimum absolute atomic E-state index is 0.335. The van der Waals surface area contributed by atoms with Gasteiger partial charge in [-0.05, 0) is 18.9 Å². The molecule has 0 saturated carbocycles. The molecule has 2 atom stereocenters. The zero-order chi connectivity index (χ0) is 12.0. The first kappa shape index (κ1) is 12.5. The highest BCUT2D eigenvalue weighted by Crippen LogP contribution is 2.11. The van der Waals surface area contributed by atoms with Gasteiger partial charge in [0.15, 0.2) is 0 Å². The molecule has 1 aromatic rings. The zero-order valence-electron chi connectivity index (χ0n) is 9.21. The molecule has 0 aliphatic heterocycles. The summed E-state index contributed by atoms with van der Waals surface area (Å²) in [6.07, 6.45) is 3.14. The van der Waals surface area contributed by atoms with Gasteiger partial charge in [-0.1, -0.05) is 42.5 Å². The maximum absolute atomic E-state index is 10.8. The predicted octanol–water partition coefficient (Wildman–Crippen LogP) is 2.17. The first-order valence-corrected chi connectivity index (χ1v) is 5.23. The summed E-state index contributed by atoms with van der Waals surface area (Å²) >= 11 is 0. The molecular formula is C13H16O3. The van der Waals surface area contributed by atoms with Crippen LogP contribution in [0.2, 0.25) is 0 Å². The fourth-order valence-corrected chi connectivity index (χ4v) is 1.42. The van der Waals surface area contributed by atoms with Gasteiger partial charge in [-0.25, -0.2) is 0 Å². The molecule has 3 nitrogen and oxygen atoms in total. The second-order valence-electron chi connectivity index (χ2n) is 3.73. The summed E-state index contributed by atoms with van der Waals surface area (Å²) in [4.78, 5) is 10.8. The third kappa shape index (κ3) is 3.87. The van der Waals surface area contributed by atoms with Crippen LogP contribution >= 0.6 is 0 Å². The normalized spacial score (nSPS) is 14.9. The van der Waals surface area contributed by atoms with Crippen molar-refractivity contribution in [1.29, 1.82) is 0 Å². The quantitative estimate of drug-likeness (QED) is 0.799. The molecule has 86 valence electrons. The van der Waals surface area contributed by atoms with E-state index in [2.05, 4.69) is 0 Å². The van der Waals surface area contributed by atoms with Crippen LogP contribution < -0.4 is 0 Å². The number of carboxylic acids is 1. The molecule has 3 heteroatoms. The van der Waals surface area contributed by atoms with Gasteiger partial charge in [0.25, 0.3) is 0 Å². The molecule has 0 heterocycles. The van der Waals surface area contributed by atoms with Crippen molar-refractivity contribution in [2.45, 2.75) is 19.4 Å². The van der Waals surface area contributed by atoms with Gasteiger partial charge in [0.1, 0.15) is 0 Å². The van der Waals surface area contributed by atoms with Crippen molar-refractivity contribution in [2.75, 3.05) is 0 Å². The smallest absolute Gasteiger partial charge is 0.309 e. The molecule has 16 heavy (non-hydrogen) atoms. The van der Waals surface area contributed by atoms with E-state index in [9.17, 15) is 9.90 Å². The van der Waals surface area contributed by atoms with Crippen LogP contribution in [0.15, 0.2) is 36.4 Å². The fourth-order valence-electron chi connectivity index (χ4n) is 1.42. The lowest BCUT2D eigenvalue weighted by Gasteiger charge is -2.12. The number of carboxylic acid groups (broad SMARTS) is 1. The summed E-state index contributed by atoms with van der Waals surface area (Å²) in [7, 11) is 0. The van der Waals surface area contributed by atoms with Crippen LogP contribution in [0.25, 0.3) is 6.08 Å². The van der Waals surface area contributed by atoms with Gasteiger partial charge in [-0.3, -0.25) is 4.79 Å². The van der Waals surface area contributed by atoms with E-state index >= 15 is 0 Å². The zero-order valence-corrected chi connectivity index (χ0v) is 9.21. The van der Waals surface area contributed by atoms with Crippen LogP contribution in [0.5, 0.6) is 0 Å². The van der Waals surface area contributed by atoms with Crippen LogP contribution in [0.3, 0.4) is 0 Å². The SMILES string of the molecule is CC(O)C(CC=Cc1ccccc1)C(=O)O. The Bertz CT molecular complexity index is 355. The Hall–Kier alpha value is -1.61. The molecule has 0 fully saturated rings. The van der Waals surface area contributed by atoms with E-state index < -0.39 is 18.0 Å². The predicted molar refractivity (Wildman–Crippen MR) is 62.9 cm³/mol. The number of benzene rings is 1. The summed E-state index contributed by atoms with van der Waals surface area (Å²) in [5.41, 5.74) is 1.03. The van der Waals surface area contributed by atoms with Crippen LogP contribution in [-0.4, -0.2) is 22.3 Å². The maximum Gasteiger partial charge on any atom is 0.309 e. The minimum atomic E-state index is -0.965. The Labute approximate surface area is 95.0 Å². The second-order valence-corrected chi connectivity index (χ2v) is 3.73. The highest BCUT2D eigenvalue weighted by molar-refractivity contribution is 5.71. The standard InChI is InChI=1S/C13H16O3/c1-10(14)12(13(15)16)9-5-8-11-6-3-2-4-7-11/h2-8,10,12,14H,9H2,1H3,(H,15,16). The fraction of sp³-hybridized carbons (Fsp3) is 0.308. The molecule has 0 aliphatic rings. The Morgan fingerprint density at radius 3 is 2.50 bits per heavy atom. The molecule has 0 aliphatic carbocycles. The van der Waals surface area contributed by atoms with Crippen molar-refractivity contribution >= 4 is 12.0 Å². The van der Waals surface area contributed by atoms with Gasteiger partial charge in [0, 0.05) is 0 Å². The monoisotopic (exact) mass is 220 g/mol. The summed E-state index contributed by atoms with van der Waals surface area (Å²) in [5.74, 6) is -1.70. The van der Waals surface area contributed by atoms with E-state index in [1.807, 2.05) is 36.4 Å². The number of aliphatic carboxylic acids is 1. The van der Waals surface area contributed by atoms with E-state index in [0.29, 0.717) is 6.42 Å². The minimum Gasteiger partial charge on any atom is -0.481 e. The lowest BCUT2D eigenvalue weighted by atomic mass is 9.99. The molecule has 0 spiro atoms. The van der Waals surface area contributed by atoms with E-state index in [0.717, 1.165) is 5.56 Å². The lowest BCUT2D eigenvalue weighted by molar-refractivity contribution is -0.145. The number of hydrogen-bond donors (Lipinski definition) is 2. The number of allylic oxidation sites excluding steroid dienone is 1. The first-order chi connectivity index (χ1) is 7.61. The number of rotatable bonds is 5. The van der Waals surface area contributed by atoms with Crippen LogP contribution in [0.1, 0.15) is 18.9 Å². The lowest BCUT2D eigenvalue weighted by Crippen LogP contribution is -2.24. The van der Waals surface area contributed by atoms with Gasteiger partial charge in [-0.15, -0.1) is 0 Å². The summed E-state index contributed by atoms with van der Waals surface area (Å²) < 4.78 is 0. The average molecular weight is 220 g/mol. The molecule has 2 unspecified atom stereocenters. The van der Waals surface area contributed by atoms with Crippen molar-refractivity contribution in [1.82, 2.24) is 0 Å². The van der Waals surface area contributed by atoms with Crippen molar-refractivity contribution in [3.8, 4) is 0 Å². The molecule has 0 bridgehead atoms. The number of aliphatic hydroxyl groups is 1. The first-order valence-electron chi connectivity index (χ1n) is 5.23. The second kappa shape index (κ2) is 6.08. The van der Waals surface area contributed by atoms with Gasteiger partial charge in [0.2, 0.25) is 0 Å². The number of hydrogen-bond acceptors (Lipinski definition) is 2. The number of aliphatic hydroxyl groups excluding tert-OH is 1.